The molecule has 1 aromatic rings. The van der Waals surface area contributed by atoms with Crippen molar-refractivity contribution < 1.29 is 14.8 Å². The van der Waals surface area contributed by atoms with Gasteiger partial charge in [0.25, 0.3) is 5.69 Å². The molecule has 0 aromatic carbocycles. The fourth-order valence-corrected chi connectivity index (χ4v) is 1.64. The highest BCUT2D eigenvalue weighted by molar-refractivity contribution is 5.67. The highest BCUT2D eigenvalue weighted by Gasteiger charge is 2.13. The molecule has 7 heteroatoms. The first-order chi connectivity index (χ1) is 8.90. The van der Waals surface area contributed by atoms with Crippen molar-refractivity contribution in [1.29, 1.82) is 0 Å². The predicted molar refractivity (Wildman–Crippen MR) is 70.2 cm³/mol. The van der Waals surface area contributed by atoms with Crippen molar-refractivity contribution in [2.24, 2.45) is 5.92 Å². The first-order valence-electron chi connectivity index (χ1n) is 5.97. The molecular weight excluding hydrogens is 250 g/mol. The monoisotopic (exact) mass is 267 g/mol. The molecule has 0 aliphatic carbocycles. The summed E-state index contributed by atoms with van der Waals surface area (Å²) in [5, 5.41) is 19.3. The van der Waals surface area contributed by atoms with Crippen LogP contribution < -0.4 is 4.90 Å². The molecule has 0 atom stereocenters. The van der Waals surface area contributed by atoms with E-state index in [9.17, 15) is 14.9 Å². The highest BCUT2D eigenvalue weighted by Crippen LogP contribution is 2.17. The van der Waals surface area contributed by atoms with Gasteiger partial charge in [0.2, 0.25) is 0 Å². The Morgan fingerprint density at radius 1 is 1.53 bits per heavy atom. The maximum Gasteiger partial charge on any atom is 0.305 e. The van der Waals surface area contributed by atoms with Crippen molar-refractivity contribution in [1.82, 2.24) is 4.98 Å². The second-order valence-corrected chi connectivity index (χ2v) is 4.62. The second kappa shape index (κ2) is 6.67. The third kappa shape index (κ3) is 4.90. The van der Waals surface area contributed by atoms with E-state index in [2.05, 4.69) is 4.98 Å². The van der Waals surface area contributed by atoms with Gasteiger partial charge in [-0.25, -0.2) is 4.98 Å². The molecule has 0 aliphatic rings. The summed E-state index contributed by atoms with van der Waals surface area (Å²) in [5.74, 6) is 0.0157. The van der Waals surface area contributed by atoms with Crippen LogP contribution in [0.25, 0.3) is 0 Å². The molecule has 104 valence electrons. The first-order valence-corrected chi connectivity index (χ1v) is 5.97. The molecule has 0 radical (unpaired) electrons. The van der Waals surface area contributed by atoms with Crippen molar-refractivity contribution in [3.8, 4) is 0 Å². The van der Waals surface area contributed by atoms with Gasteiger partial charge in [0.15, 0.2) is 0 Å². The molecule has 0 saturated heterocycles. The van der Waals surface area contributed by atoms with E-state index in [1.807, 2.05) is 18.7 Å². The number of hydrogen-bond donors (Lipinski definition) is 1. The minimum Gasteiger partial charge on any atom is -0.481 e. The summed E-state index contributed by atoms with van der Waals surface area (Å²) in [4.78, 5) is 26.5. The number of aromatic nitrogens is 1. The van der Waals surface area contributed by atoms with E-state index in [1.165, 1.54) is 12.3 Å². The minimum atomic E-state index is -0.879. The third-order valence-electron chi connectivity index (χ3n) is 2.45. The Morgan fingerprint density at radius 2 is 2.21 bits per heavy atom. The minimum absolute atomic E-state index is 0.00534. The molecular formula is C12H17N3O4. The maximum absolute atomic E-state index is 10.6. The summed E-state index contributed by atoms with van der Waals surface area (Å²) in [6.45, 7) is 5.01. The molecule has 1 rings (SSSR count). The fraction of sp³-hybridized carbons (Fsp3) is 0.500. The molecule has 7 nitrogen and oxygen atoms in total. The van der Waals surface area contributed by atoms with Gasteiger partial charge in [0, 0.05) is 19.2 Å². The van der Waals surface area contributed by atoms with Gasteiger partial charge in [-0.05, 0) is 12.0 Å². The molecule has 0 amide bonds. The van der Waals surface area contributed by atoms with Crippen molar-refractivity contribution >= 4 is 17.5 Å². The number of nitro groups is 1. The number of aliphatic carboxylic acids is 1. The Labute approximate surface area is 111 Å². The Morgan fingerprint density at radius 3 is 2.63 bits per heavy atom. The number of pyridine rings is 1. The quantitative estimate of drug-likeness (QED) is 0.599. The van der Waals surface area contributed by atoms with E-state index in [-0.39, 0.29) is 12.1 Å². The fourth-order valence-electron chi connectivity index (χ4n) is 1.64. The van der Waals surface area contributed by atoms with Crippen LogP contribution in [-0.4, -0.2) is 34.1 Å². The lowest BCUT2D eigenvalue weighted by Crippen LogP contribution is -2.30. The maximum atomic E-state index is 10.6. The van der Waals surface area contributed by atoms with E-state index in [0.717, 1.165) is 0 Å². The van der Waals surface area contributed by atoms with Gasteiger partial charge in [-0.1, -0.05) is 13.8 Å². The van der Waals surface area contributed by atoms with Crippen LogP contribution in [0.15, 0.2) is 18.3 Å². The molecule has 0 bridgehead atoms. The number of carboxylic acids is 1. The summed E-state index contributed by atoms with van der Waals surface area (Å²) >= 11 is 0. The number of hydrogen-bond acceptors (Lipinski definition) is 5. The zero-order valence-corrected chi connectivity index (χ0v) is 10.9. The SMILES string of the molecule is CC(C)CN(CCC(=O)O)c1ccc([N+](=O)[O-])cn1. The zero-order valence-electron chi connectivity index (χ0n) is 10.9. The van der Waals surface area contributed by atoms with Crippen molar-refractivity contribution in [2.75, 3.05) is 18.0 Å². The lowest BCUT2D eigenvalue weighted by molar-refractivity contribution is -0.385. The molecule has 19 heavy (non-hydrogen) atoms. The van der Waals surface area contributed by atoms with E-state index >= 15 is 0 Å². The van der Waals surface area contributed by atoms with Crippen LogP contribution in [0.1, 0.15) is 20.3 Å². The van der Waals surface area contributed by atoms with Gasteiger partial charge in [-0.15, -0.1) is 0 Å². The Balaban J connectivity index is 2.83. The van der Waals surface area contributed by atoms with E-state index in [1.54, 1.807) is 6.07 Å². The van der Waals surface area contributed by atoms with Crippen LogP contribution in [0, 0.1) is 16.0 Å². The van der Waals surface area contributed by atoms with Gasteiger partial charge >= 0.3 is 5.97 Å². The number of anilines is 1. The average molecular weight is 267 g/mol. The smallest absolute Gasteiger partial charge is 0.305 e. The number of carbonyl (C=O) groups is 1. The van der Waals surface area contributed by atoms with E-state index in [0.29, 0.717) is 24.8 Å². The van der Waals surface area contributed by atoms with Crippen LogP contribution in [0.2, 0.25) is 0 Å². The molecule has 0 spiro atoms. The van der Waals surface area contributed by atoms with Crippen LogP contribution in [0.3, 0.4) is 0 Å². The van der Waals surface area contributed by atoms with E-state index in [4.69, 9.17) is 5.11 Å². The van der Waals surface area contributed by atoms with Crippen molar-refractivity contribution in [2.45, 2.75) is 20.3 Å². The molecule has 0 fully saturated rings. The lowest BCUT2D eigenvalue weighted by Gasteiger charge is -2.24. The molecule has 1 heterocycles. The molecule has 1 N–H and O–H groups in total. The Bertz CT molecular complexity index is 445. The average Bonchev–Trinajstić information content (AvgIpc) is 2.34. The standard InChI is InChI=1S/C12H17N3O4/c1-9(2)8-14(6-5-12(16)17)11-4-3-10(7-13-11)15(18)19/h3-4,7,9H,5-6,8H2,1-2H3,(H,16,17). The Kier molecular flexibility index (Phi) is 5.23. The van der Waals surface area contributed by atoms with Gasteiger partial charge in [0.05, 0.1) is 11.3 Å². The predicted octanol–water partition coefficient (Wildman–Crippen LogP) is 1.93. The summed E-state index contributed by atoms with van der Waals surface area (Å²) in [6, 6.07) is 2.92. The van der Waals surface area contributed by atoms with Gasteiger partial charge in [-0.2, -0.15) is 0 Å². The zero-order chi connectivity index (χ0) is 14.4. The number of rotatable bonds is 7. The van der Waals surface area contributed by atoms with Crippen molar-refractivity contribution in [3.63, 3.8) is 0 Å². The topological polar surface area (TPSA) is 96.6 Å². The van der Waals surface area contributed by atoms with Gasteiger partial charge < -0.3 is 10.0 Å². The van der Waals surface area contributed by atoms with E-state index < -0.39 is 10.9 Å². The lowest BCUT2D eigenvalue weighted by atomic mass is 10.2. The first kappa shape index (κ1) is 14.9. The van der Waals surface area contributed by atoms with Crippen LogP contribution >= 0.6 is 0 Å². The van der Waals surface area contributed by atoms with Crippen molar-refractivity contribution in [3.05, 3.63) is 28.4 Å². The van der Waals surface area contributed by atoms with Gasteiger partial charge in [-0.3, -0.25) is 14.9 Å². The molecule has 0 saturated carbocycles. The summed E-state index contributed by atoms with van der Waals surface area (Å²) in [6.07, 6.45) is 1.19. The largest absolute Gasteiger partial charge is 0.481 e. The summed E-state index contributed by atoms with van der Waals surface area (Å²) in [5.41, 5.74) is -0.0773. The molecule has 0 unspecified atom stereocenters. The normalized spacial score (nSPS) is 10.5. The van der Waals surface area contributed by atoms with Crippen LogP contribution in [0.4, 0.5) is 11.5 Å². The summed E-state index contributed by atoms with van der Waals surface area (Å²) < 4.78 is 0. The second-order valence-electron chi connectivity index (χ2n) is 4.62. The molecule has 1 aromatic heterocycles. The number of nitrogens with zero attached hydrogens (tertiary/aromatic N) is 3. The van der Waals surface area contributed by atoms with Gasteiger partial charge in [0.1, 0.15) is 12.0 Å². The number of carboxylic acid groups (broad SMARTS) is 1. The Hall–Kier alpha value is -2.18. The van der Waals surface area contributed by atoms with Crippen LogP contribution in [-0.2, 0) is 4.79 Å². The molecule has 0 aliphatic heterocycles. The van der Waals surface area contributed by atoms with Crippen LogP contribution in [0.5, 0.6) is 0 Å². The third-order valence-corrected chi connectivity index (χ3v) is 2.45. The highest BCUT2D eigenvalue weighted by atomic mass is 16.6. The summed E-state index contributed by atoms with van der Waals surface area (Å²) in [7, 11) is 0.